The zero-order valence-corrected chi connectivity index (χ0v) is 10.3. The van der Waals surface area contributed by atoms with Gasteiger partial charge >= 0.3 is 6.18 Å². The van der Waals surface area contributed by atoms with Crippen LogP contribution in [0.25, 0.3) is 11.3 Å². The van der Waals surface area contributed by atoms with Crippen LogP contribution in [0.3, 0.4) is 0 Å². The van der Waals surface area contributed by atoms with E-state index in [0.29, 0.717) is 6.42 Å². The molecule has 1 atom stereocenters. The highest BCUT2D eigenvalue weighted by molar-refractivity contribution is 5.61. The first-order valence-corrected chi connectivity index (χ1v) is 6.37. The number of fused-ring (bicyclic) bond motifs is 1. The average molecular weight is 265 g/mol. The quantitative estimate of drug-likeness (QED) is 0.789. The number of halogens is 3. The van der Waals surface area contributed by atoms with Crippen molar-refractivity contribution < 1.29 is 13.2 Å². The fraction of sp³-hybridized carbons (Fsp3) is 0.333. The van der Waals surface area contributed by atoms with Gasteiger partial charge in [0.15, 0.2) is 0 Å². The van der Waals surface area contributed by atoms with E-state index >= 15 is 0 Å². The summed E-state index contributed by atoms with van der Waals surface area (Å²) in [6, 6.07) is 11.5. The van der Waals surface area contributed by atoms with Gasteiger partial charge in [-0.1, -0.05) is 30.3 Å². The Hall–Kier alpha value is -1.71. The highest BCUT2D eigenvalue weighted by atomic mass is 19.4. The van der Waals surface area contributed by atoms with Crippen LogP contribution in [0.1, 0.15) is 17.7 Å². The number of nitrogens with one attached hydrogen (secondary N) is 1. The van der Waals surface area contributed by atoms with E-state index in [9.17, 15) is 13.2 Å². The number of aryl methyl sites for hydroxylation is 1. The van der Waals surface area contributed by atoms with Gasteiger partial charge in [-0.2, -0.15) is 13.2 Å². The summed E-state index contributed by atoms with van der Waals surface area (Å²) >= 11 is 0. The topological polar surface area (TPSA) is 15.8 Å². The molecule has 0 spiro atoms. The molecule has 1 aromatic heterocycles. The van der Waals surface area contributed by atoms with Crippen molar-refractivity contribution in [2.75, 3.05) is 0 Å². The predicted octanol–water partition coefficient (Wildman–Crippen LogP) is 4.35. The molecule has 1 nitrogen and oxygen atoms in total. The molecule has 2 aromatic rings. The van der Waals surface area contributed by atoms with Crippen molar-refractivity contribution in [3.8, 4) is 11.3 Å². The Labute approximate surface area is 109 Å². The van der Waals surface area contributed by atoms with Gasteiger partial charge in [0.2, 0.25) is 0 Å². The number of hydrogen-bond acceptors (Lipinski definition) is 0. The summed E-state index contributed by atoms with van der Waals surface area (Å²) in [4.78, 5) is 3.25. The lowest BCUT2D eigenvalue weighted by atomic mass is 9.87. The summed E-state index contributed by atoms with van der Waals surface area (Å²) in [5, 5.41) is 0. The summed E-state index contributed by atoms with van der Waals surface area (Å²) in [5.41, 5.74) is 3.70. The van der Waals surface area contributed by atoms with E-state index < -0.39 is 12.1 Å². The Morgan fingerprint density at radius 3 is 2.53 bits per heavy atom. The van der Waals surface area contributed by atoms with Crippen LogP contribution in [0.15, 0.2) is 36.4 Å². The predicted molar refractivity (Wildman–Crippen MR) is 67.8 cm³/mol. The molecule has 0 radical (unpaired) electrons. The van der Waals surface area contributed by atoms with Crippen molar-refractivity contribution in [1.29, 1.82) is 0 Å². The highest BCUT2D eigenvalue weighted by Gasteiger charge is 2.41. The lowest BCUT2D eigenvalue weighted by Crippen LogP contribution is -2.28. The molecule has 0 fully saturated rings. The Morgan fingerprint density at radius 1 is 1.11 bits per heavy atom. The molecule has 19 heavy (non-hydrogen) atoms. The van der Waals surface area contributed by atoms with Gasteiger partial charge < -0.3 is 4.98 Å². The number of H-pyrrole nitrogens is 1. The largest absolute Gasteiger partial charge is 0.392 e. The van der Waals surface area contributed by atoms with Gasteiger partial charge in [-0.25, -0.2) is 0 Å². The Morgan fingerprint density at radius 2 is 1.84 bits per heavy atom. The van der Waals surface area contributed by atoms with E-state index in [0.717, 1.165) is 22.5 Å². The number of rotatable bonds is 1. The fourth-order valence-corrected chi connectivity index (χ4v) is 2.68. The minimum Gasteiger partial charge on any atom is -0.358 e. The van der Waals surface area contributed by atoms with E-state index in [-0.39, 0.29) is 12.8 Å². The van der Waals surface area contributed by atoms with Crippen LogP contribution >= 0.6 is 0 Å². The molecule has 0 bridgehead atoms. The van der Waals surface area contributed by atoms with Crippen molar-refractivity contribution in [3.05, 3.63) is 47.7 Å². The second-order valence-electron chi connectivity index (χ2n) is 5.03. The molecule has 0 saturated heterocycles. The molecule has 1 aromatic carbocycles. The van der Waals surface area contributed by atoms with Gasteiger partial charge in [-0.3, -0.25) is 0 Å². The Kier molecular flexibility index (Phi) is 2.88. The lowest BCUT2D eigenvalue weighted by Gasteiger charge is -2.24. The van der Waals surface area contributed by atoms with Gasteiger partial charge in [-0.05, 0) is 36.5 Å². The summed E-state index contributed by atoms with van der Waals surface area (Å²) in [6.45, 7) is 0. The van der Waals surface area contributed by atoms with Crippen LogP contribution in [0.5, 0.6) is 0 Å². The molecular formula is C15H14F3N. The molecule has 1 aliphatic carbocycles. The third-order valence-electron chi connectivity index (χ3n) is 3.75. The summed E-state index contributed by atoms with van der Waals surface area (Å²) in [6.07, 6.45) is -3.32. The minimum absolute atomic E-state index is 0.0994. The standard InChI is InChI=1S/C15H14F3N/c16-15(17,18)12-6-7-13-11(8-12)9-14(19-13)10-4-2-1-3-5-10/h1-5,9,12,19H,6-8H2. The van der Waals surface area contributed by atoms with Gasteiger partial charge in [0, 0.05) is 11.4 Å². The molecule has 100 valence electrons. The average Bonchev–Trinajstić information content (AvgIpc) is 2.81. The van der Waals surface area contributed by atoms with Crippen molar-refractivity contribution >= 4 is 0 Å². The Bertz CT molecular complexity index is 569. The maximum absolute atomic E-state index is 12.8. The van der Waals surface area contributed by atoms with Crippen molar-refractivity contribution in [3.63, 3.8) is 0 Å². The smallest absolute Gasteiger partial charge is 0.358 e. The molecule has 1 heterocycles. The van der Waals surface area contributed by atoms with Crippen LogP contribution in [0, 0.1) is 5.92 Å². The van der Waals surface area contributed by atoms with Crippen molar-refractivity contribution in [2.24, 2.45) is 5.92 Å². The lowest BCUT2D eigenvalue weighted by molar-refractivity contribution is -0.177. The van der Waals surface area contributed by atoms with Crippen LogP contribution in [0.2, 0.25) is 0 Å². The molecule has 0 aliphatic heterocycles. The maximum atomic E-state index is 12.8. The number of hydrogen-bond donors (Lipinski definition) is 1. The van der Waals surface area contributed by atoms with Gasteiger partial charge in [0.05, 0.1) is 5.92 Å². The minimum atomic E-state index is -4.08. The van der Waals surface area contributed by atoms with Gasteiger partial charge in [-0.15, -0.1) is 0 Å². The SMILES string of the molecule is FC(F)(F)C1CCc2[nH]c(-c3ccccc3)cc2C1. The van der Waals surface area contributed by atoms with E-state index in [2.05, 4.69) is 4.98 Å². The van der Waals surface area contributed by atoms with E-state index in [4.69, 9.17) is 0 Å². The van der Waals surface area contributed by atoms with Crippen LogP contribution < -0.4 is 0 Å². The number of benzene rings is 1. The first-order valence-electron chi connectivity index (χ1n) is 6.37. The van der Waals surface area contributed by atoms with E-state index in [1.165, 1.54) is 0 Å². The molecule has 3 rings (SSSR count). The third kappa shape index (κ3) is 2.39. The van der Waals surface area contributed by atoms with Crippen LogP contribution in [-0.4, -0.2) is 11.2 Å². The Balaban J connectivity index is 1.89. The molecule has 1 unspecified atom stereocenters. The molecule has 4 heteroatoms. The fourth-order valence-electron chi connectivity index (χ4n) is 2.68. The van der Waals surface area contributed by atoms with Crippen LogP contribution in [0.4, 0.5) is 13.2 Å². The zero-order valence-electron chi connectivity index (χ0n) is 10.3. The monoisotopic (exact) mass is 265 g/mol. The van der Waals surface area contributed by atoms with Crippen molar-refractivity contribution in [2.45, 2.75) is 25.4 Å². The summed E-state index contributed by atoms with van der Waals surface area (Å²) in [7, 11) is 0. The molecule has 1 aliphatic rings. The highest BCUT2D eigenvalue weighted by Crippen LogP contribution is 2.38. The van der Waals surface area contributed by atoms with E-state index in [1.54, 1.807) is 0 Å². The van der Waals surface area contributed by atoms with E-state index in [1.807, 2.05) is 36.4 Å². The second kappa shape index (κ2) is 4.44. The number of aromatic nitrogens is 1. The first-order chi connectivity index (χ1) is 9.04. The molecule has 1 N–H and O–H groups in total. The van der Waals surface area contributed by atoms with Gasteiger partial charge in [0.25, 0.3) is 0 Å². The van der Waals surface area contributed by atoms with Gasteiger partial charge in [0.1, 0.15) is 0 Å². The molecular weight excluding hydrogens is 251 g/mol. The maximum Gasteiger partial charge on any atom is 0.392 e. The molecule has 0 saturated carbocycles. The number of aromatic amines is 1. The summed E-state index contributed by atoms with van der Waals surface area (Å²) < 4.78 is 38.3. The van der Waals surface area contributed by atoms with Crippen molar-refractivity contribution in [1.82, 2.24) is 4.98 Å². The number of alkyl halides is 3. The normalized spacial score (nSPS) is 19.2. The third-order valence-corrected chi connectivity index (χ3v) is 3.75. The molecule has 0 amide bonds. The van der Waals surface area contributed by atoms with Crippen LogP contribution in [-0.2, 0) is 12.8 Å². The second-order valence-corrected chi connectivity index (χ2v) is 5.03. The zero-order chi connectivity index (χ0) is 13.5. The first kappa shape index (κ1) is 12.3. The summed E-state index contributed by atoms with van der Waals surface area (Å²) in [5.74, 6) is -1.19.